The normalized spacial score (nSPS) is 10.5. The highest BCUT2D eigenvalue weighted by Gasteiger charge is 2.14. The van der Waals surface area contributed by atoms with Gasteiger partial charge in [0.1, 0.15) is 17.4 Å². The molecule has 0 atom stereocenters. The Morgan fingerprint density at radius 3 is 2.35 bits per heavy atom. The Morgan fingerprint density at radius 1 is 1.04 bits per heavy atom. The van der Waals surface area contributed by atoms with Gasteiger partial charge in [-0.25, -0.2) is 0 Å². The van der Waals surface area contributed by atoms with Crippen molar-refractivity contribution in [2.45, 2.75) is 0 Å². The summed E-state index contributed by atoms with van der Waals surface area (Å²) in [6.45, 7) is 0. The van der Waals surface area contributed by atoms with Crippen molar-refractivity contribution in [1.29, 1.82) is 5.26 Å². The molecule has 0 spiro atoms. The first-order valence-electron chi connectivity index (χ1n) is 6.67. The lowest BCUT2D eigenvalue weighted by atomic mass is 10.2. The van der Waals surface area contributed by atoms with Gasteiger partial charge >= 0.3 is 0 Å². The van der Waals surface area contributed by atoms with Gasteiger partial charge in [0, 0.05) is 11.8 Å². The number of carbonyl (C=O) groups excluding carboxylic acids is 2. The van der Waals surface area contributed by atoms with Crippen molar-refractivity contribution < 1.29 is 14.7 Å². The van der Waals surface area contributed by atoms with Crippen LogP contribution in [0.25, 0.3) is 0 Å². The van der Waals surface area contributed by atoms with Crippen LogP contribution in [0.15, 0.2) is 66.4 Å². The van der Waals surface area contributed by atoms with Crippen molar-refractivity contribution in [3.63, 3.8) is 0 Å². The van der Waals surface area contributed by atoms with Crippen LogP contribution in [0.4, 0.5) is 5.69 Å². The van der Waals surface area contributed by atoms with E-state index in [4.69, 9.17) is 5.26 Å². The van der Waals surface area contributed by atoms with Crippen molar-refractivity contribution in [1.82, 2.24) is 5.32 Å². The zero-order valence-corrected chi connectivity index (χ0v) is 12.0. The number of para-hydroxylation sites is 2. The second-order valence-corrected chi connectivity index (χ2v) is 4.48. The van der Waals surface area contributed by atoms with Gasteiger partial charge in [0.2, 0.25) is 0 Å². The number of benzene rings is 2. The SMILES string of the molecule is N#C/C(=C\Nc1ccccc1O)C(=O)NC(=O)c1ccccc1. The van der Waals surface area contributed by atoms with Crippen molar-refractivity contribution in [3.8, 4) is 11.8 Å². The highest BCUT2D eigenvalue weighted by atomic mass is 16.3. The molecule has 23 heavy (non-hydrogen) atoms. The predicted molar refractivity (Wildman–Crippen MR) is 84.3 cm³/mol. The van der Waals surface area contributed by atoms with Crippen LogP contribution >= 0.6 is 0 Å². The van der Waals surface area contributed by atoms with Crippen LogP contribution in [-0.4, -0.2) is 16.9 Å². The summed E-state index contributed by atoms with van der Waals surface area (Å²) in [5.74, 6) is -1.45. The quantitative estimate of drug-likeness (QED) is 0.456. The number of phenols is 1. The van der Waals surface area contributed by atoms with E-state index in [1.807, 2.05) is 0 Å². The third-order valence-corrected chi connectivity index (χ3v) is 2.90. The van der Waals surface area contributed by atoms with Crippen LogP contribution < -0.4 is 10.6 Å². The van der Waals surface area contributed by atoms with Gasteiger partial charge < -0.3 is 10.4 Å². The first-order chi connectivity index (χ1) is 11.1. The number of hydrogen-bond donors (Lipinski definition) is 3. The Balaban J connectivity index is 2.07. The maximum atomic E-state index is 11.9. The molecule has 2 aromatic rings. The number of amides is 2. The lowest BCUT2D eigenvalue weighted by Crippen LogP contribution is -2.31. The predicted octanol–water partition coefficient (Wildman–Crippen LogP) is 2.17. The topological polar surface area (TPSA) is 102 Å². The number of anilines is 1. The number of rotatable bonds is 4. The third kappa shape index (κ3) is 4.19. The average molecular weight is 307 g/mol. The van der Waals surface area contributed by atoms with E-state index >= 15 is 0 Å². The summed E-state index contributed by atoms with van der Waals surface area (Å²) in [7, 11) is 0. The van der Waals surface area contributed by atoms with Crippen LogP contribution in [0.2, 0.25) is 0 Å². The van der Waals surface area contributed by atoms with Gasteiger partial charge in [0.25, 0.3) is 11.8 Å². The fraction of sp³-hybridized carbons (Fsp3) is 0. The summed E-state index contributed by atoms with van der Waals surface area (Å²) in [6.07, 6.45) is 1.13. The molecule has 114 valence electrons. The van der Waals surface area contributed by atoms with Gasteiger partial charge in [-0.15, -0.1) is 0 Å². The summed E-state index contributed by atoms with van der Waals surface area (Å²) in [5, 5.41) is 23.4. The van der Waals surface area contributed by atoms with E-state index in [0.717, 1.165) is 6.20 Å². The molecule has 6 nitrogen and oxygen atoms in total. The van der Waals surface area contributed by atoms with Crippen LogP contribution in [0.5, 0.6) is 5.75 Å². The molecule has 2 rings (SSSR count). The van der Waals surface area contributed by atoms with Crippen LogP contribution in [0, 0.1) is 11.3 Å². The van der Waals surface area contributed by atoms with Crippen LogP contribution in [0.3, 0.4) is 0 Å². The molecule has 2 amide bonds. The van der Waals surface area contributed by atoms with E-state index in [0.29, 0.717) is 11.3 Å². The smallest absolute Gasteiger partial charge is 0.270 e. The molecule has 0 unspecified atom stereocenters. The van der Waals surface area contributed by atoms with Crippen molar-refractivity contribution in [2.24, 2.45) is 0 Å². The van der Waals surface area contributed by atoms with E-state index < -0.39 is 11.8 Å². The van der Waals surface area contributed by atoms with Crippen molar-refractivity contribution in [2.75, 3.05) is 5.32 Å². The van der Waals surface area contributed by atoms with Gasteiger partial charge in [-0.2, -0.15) is 5.26 Å². The zero-order chi connectivity index (χ0) is 16.7. The first-order valence-corrected chi connectivity index (χ1v) is 6.67. The minimum Gasteiger partial charge on any atom is -0.506 e. The number of hydrogen-bond acceptors (Lipinski definition) is 5. The molecule has 2 aromatic carbocycles. The second-order valence-electron chi connectivity index (χ2n) is 4.48. The molecule has 6 heteroatoms. The summed E-state index contributed by atoms with van der Waals surface area (Å²) in [6, 6.07) is 16.2. The number of aromatic hydroxyl groups is 1. The van der Waals surface area contributed by atoms with Gasteiger partial charge in [-0.3, -0.25) is 14.9 Å². The Morgan fingerprint density at radius 2 is 1.70 bits per heavy atom. The highest BCUT2D eigenvalue weighted by Crippen LogP contribution is 2.21. The van der Waals surface area contributed by atoms with E-state index in [-0.39, 0.29) is 11.3 Å². The molecule has 3 N–H and O–H groups in total. The number of nitrogens with zero attached hydrogens (tertiary/aromatic N) is 1. The zero-order valence-electron chi connectivity index (χ0n) is 12.0. The number of phenolic OH excluding ortho intramolecular Hbond substituents is 1. The second kappa shape index (κ2) is 7.43. The molecule has 0 bridgehead atoms. The van der Waals surface area contributed by atoms with Crippen LogP contribution in [0.1, 0.15) is 10.4 Å². The fourth-order valence-corrected chi connectivity index (χ4v) is 1.73. The monoisotopic (exact) mass is 307 g/mol. The molecule has 0 saturated carbocycles. The fourth-order valence-electron chi connectivity index (χ4n) is 1.73. The molecule has 0 radical (unpaired) electrons. The molecule has 0 fully saturated rings. The molecular formula is C17H13N3O3. The Kier molecular flexibility index (Phi) is 5.10. The summed E-state index contributed by atoms with van der Waals surface area (Å²) in [4.78, 5) is 23.8. The van der Waals surface area contributed by atoms with Crippen molar-refractivity contribution in [3.05, 3.63) is 71.9 Å². The molecule has 0 aliphatic heterocycles. The molecule has 0 aliphatic rings. The van der Waals surface area contributed by atoms with Crippen LogP contribution in [-0.2, 0) is 4.79 Å². The maximum absolute atomic E-state index is 11.9. The number of nitrogens with one attached hydrogen (secondary N) is 2. The first kappa shape index (κ1) is 15.8. The van der Waals surface area contributed by atoms with E-state index in [1.165, 1.54) is 6.07 Å². The highest BCUT2D eigenvalue weighted by molar-refractivity contribution is 6.11. The molecule has 0 saturated heterocycles. The minimum atomic E-state index is -0.829. The third-order valence-electron chi connectivity index (χ3n) is 2.90. The van der Waals surface area contributed by atoms with E-state index in [1.54, 1.807) is 54.6 Å². The molecule has 0 aliphatic carbocycles. The molecular weight excluding hydrogens is 294 g/mol. The van der Waals surface area contributed by atoms with E-state index in [2.05, 4.69) is 10.6 Å². The standard InChI is InChI=1S/C17H13N3O3/c18-10-13(11-19-14-8-4-5-9-15(14)21)17(23)20-16(22)12-6-2-1-3-7-12/h1-9,11,19,21H,(H,20,22,23)/b13-11+. The molecule has 0 heterocycles. The average Bonchev–Trinajstić information content (AvgIpc) is 2.57. The van der Waals surface area contributed by atoms with Gasteiger partial charge in [0.05, 0.1) is 5.69 Å². The number of nitriles is 1. The Bertz CT molecular complexity index is 792. The minimum absolute atomic E-state index is 0.0261. The maximum Gasteiger partial charge on any atom is 0.270 e. The lowest BCUT2D eigenvalue weighted by Gasteiger charge is -2.05. The summed E-state index contributed by atoms with van der Waals surface area (Å²) < 4.78 is 0. The Hall–Kier alpha value is -3.59. The van der Waals surface area contributed by atoms with Gasteiger partial charge in [0.15, 0.2) is 0 Å². The summed E-state index contributed by atoms with van der Waals surface area (Å²) >= 11 is 0. The van der Waals surface area contributed by atoms with E-state index in [9.17, 15) is 14.7 Å². The Labute approximate surface area is 132 Å². The molecule has 0 aromatic heterocycles. The van der Waals surface area contributed by atoms with Gasteiger partial charge in [-0.1, -0.05) is 30.3 Å². The number of imide groups is 1. The summed E-state index contributed by atoms with van der Waals surface area (Å²) in [5.41, 5.74) is 0.353. The lowest BCUT2D eigenvalue weighted by molar-refractivity contribution is -0.116. The largest absolute Gasteiger partial charge is 0.506 e. The van der Waals surface area contributed by atoms with Crippen molar-refractivity contribution >= 4 is 17.5 Å². The number of carbonyl (C=O) groups is 2. The van der Waals surface area contributed by atoms with Gasteiger partial charge in [-0.05, 0) is 24.3 Å².